The zero-order chi connectivity index (χ0) is 5.70. The Morgan fingerprint density at radius 1 is 1.71 bits per heavy atom. The van der Waals surface area contributed by atoms with Crippen LogP contribution in [0.1, 0.15) is 0 Å². The molecule has 0 aromatic heterocycles. The van der Waals surface area contributed by atoms with Crippen LogP contribution in [0.5, 0.6) is 0 Å². The molecular formula is C3H7FO3. The molecule has 0 aromatic rings. The van der Waals surface area contributed by atoms with E-state index in [9.17, 15) is 4.53 Å². The zero-order valence-electron chi connectivity index (χ0n) is 3.67. The fourth-order valence-electron chi connectivity index (χ4n) is 0.125. The molecule has 0 rings (SSSR count). The van der Waals surface area contributed by atoms with Crippen LogP contribution < -0.4 is 0 Å². The molecule has 3 nitrogen and oxygen atoms in total. The van der Waals surface area contributed by atoms with Crippen LogP contribution in [0, 0.1) is 0 Å². The van der Waals surface area contributed by atoms with Crippen molar-refractivity contribution in [3.8, 4) is 0 Å². The number of aliphatic hydroxyl groups excluding tert-OH is 2. The molecule has 0 radical (unpaired) electrons. The van der Waals surface area contributed by atoms with Crippen molar-refractivity contribution in [2.45, 2.75) is 6.10 Å². The van der Waals surface area contributed by atoms with Gasteiger partial charge in [0.15, 0.2) is 0 Å². The van der Waals surface area contributed by atoms with Crippen molar-refractivity contribution >= 4 is 0 Å². The highest BCUT2D eigenvalue weighted by molar-refractivity contribution is 4.45. The fourth-order valence-corrected chi connectivity index (χ4v) is 0.125. The van der Waals surface area contributed by atoms with Gasteiger partial charge >= 0.3 is 0 Å². The lowest BCUT2D eigenvalue weighted by molar-refractivity contribution is -0.161. The van der Waals surface area contributed by atoms with Crippen molar-refractivity contribution in [2.24, 2.45) is 0 Å². The molecule has 1 atom stereocenters. The summed E-state index contributed by atoms with van der Waals surface area (Å²) < 4.78 is 10.7. The molecule has 0 saturated carbocycles. The van der Waals surface area contributed by atoms with Gasteiger partial charge in [-0.15, -0.1) is 0 Å². The molecule has 4 heteroatoms. The van der Waals surface area contributed by atoms with Gasteiger partial charge in [0.1, 0.15) is 12.7 Å². The molecule has 0 saturated heterocycles. The Hall–Kier alpha value is -0.190. The Kier molecular flexibility index (Phi) is 3.87. The largest absolute Gasteiger partial charge is 0.394 e. The van der Waals surface area contributed by atoms with E-state index >= 15 is 0 Å². The third kappa shape index (κ3) is 3.65. The Morgan fingerprint density at radius 3 is 2.43 bits per heavy atom. The lowest BCUT2D eigenvalue weighted by Crippen LogP contribution is -2.16. The van der Waals surface area contributed by atoms with E-state index in [4.69, 9.17) is 10.2 Å². The van der Waals surface area contributed by atoms with Crippen molar-refractivity contribution in [3.05, 3.63) is 0 Å². The Labute approximate surface area is 40.2 Å². The minimum atomic E-state index is -1.09. The van der Waals surface area contributed by atoms with Gasteiger partial charge in [-0.05, 0) is 4.53 Å². The minimum absolute atomic E-state index is 0.462. The molecule has 1 unspecified atom stereocenters. The van der Waals surface area contributed by atoms with Crippen LogP contribution in [0.2, 0.25) is 0 Å². The van der Waals surface area contributed by atoms with Crippen LogP contribution in [-0.4, -0.2) is 29.5 Å². The number of hydrogen-bond donors (Lipinski definition) is 2. The smallest absolute Gasteiger partial charge is 0.116 e. The molecule has 44 valence electrons. The molecule has 0 heterocycles. The number of hydrogen-bond acceptors (Lipinski definition) is 3. The van der Waals surface area contributed by atoms with Crippen molar-refractivity contribution in [1.29, 1.82) is 0 Å². The van der Waals surface area contributed by atoms with Gasteiger partial charge in [0.2, 0.25) is 0 Å². The van der Waals surface area contributed by atoms with E-state index in [1.54, 1.807) is 0 Å². The molecule has 0 aliphatic rings. The average molecular weight is 110 g/mol. The van der Waals surface area contributed by atoms with E-state index in [0.717, 1.165) is 0 Å². The molecule has 0 amide bonds. The number of rotatable bonds is 3. The van der Waals surface area contributed by atoms with E-state index in [1.807, 2.05) is 0 Å². The summed E-state index contributed by atoms with van der Waals surface area (Å²) in [6.45, 7) is -0.930. The van der Waals surface area contributed by atoms with Gasteiger partial charge in [0, 0.05) is 0 Å². The normalized spacial score (nSPS) is 14.1. The summed E-state index contributed by atoms with van der Waals surface area (Å²) in [6.07, 6.45) is -1.09. The first-order valence-electron chi connectivity index (χ1n) is 1.83. The number of aliphatic hydroxyl groups is 2. The summed E-state index contributed by atoms with van der Waals surface area (Å²) in [6, 6.07) is 0. The van der Waals surface area contributed by atoms with Crippen molar-refractivity contribution in [2.75, 3.05) is 13.2 Å². The monoisotopic (exact) mass is 110 g/mol. The van der Waals surface area contributed by atoms with Crippen LogP contribution in [0.15, 0.2) is 0 Å². The molecule has 0 spiro atoms. The zero-order valence-corrected chi connectivity index (χ0v) is 3.67. The van der Waals surface area contributed by atoms with Gasteiger partial charge in [-0.2, -0.15) is 4.94 Å². The maximum atomic E-state index is 10.7. The predicted octanol–water partition coefficient (Wildman–Crippen LogP) is -0.759. The minimum Gasteiger partial charge on any atom is -0.394 e. The highest BCUT2D eigenvalue weighted by Crippen LogP contribution is 1.81. The predicted molar refractivity (Wildman–Crippen MR) is 20.2 cm³/mol. The summed E-state index contributed by atoms with van der Waals surface area (Å²) in [5.74, 6) is 0. The van der Waals surface area contributed by atoms with Gasteiger partial charge in [-0.3, -0.25) is 0 Å². The lowest BCUT2D eigenvalue weighted by atomic mass is 10.4. The Morgan fingerprint density at radius 2 is 2.29 bits per heavy atom. The highest BCUT2D eigenvalue weighted by Gasteiger charge is 1.99. The average Bonchev–Trinajstić information content (AvgIpc) is 1.68. The van der Waals surface area contributed by atoms with E-state index < -0.39 is 19.3 Å². The molecule has 0 aromatic carbocycles. The van der Waals surface area contributed by atoms with E-state index in [-0.39, 0.29) is 0 Å². The van der Waals surface area contributed by atoms with Crippen molar-refractivity contribution in [1.82, 2.24) is 0 Å². The summed E-state index contributed by atoms with van der Waals surface area (Å²) in [5, 5.41) is 16.2. The van der Waals surface area contributed by atoms with Crippen molar-refractivity contribution in [3.63, 3.8) is 0 Å². The molecule has 0 bridgehead atoms. The number of halogens is 1. The summed E-state index contributed by atoms with van der Waals surface area (Å²) in [4.78, 5) is 2.98. The van der Waals surface area contributed by atoms with Gasteiger partial charge in [-0.1, -0.05) is 0 Å². The second-order valence-electron chi connectivity index (χ2n) is 1.11. The summed E-state index contributed by atoms with van der Waals surface area (Å²) in [5.41, 5.74) is 0. The second kappa shape index (κ2) is 3.98. The molecule has 0 fully saturated rings. The topological polar surface area (TPSA) is 49.7 Å². The Balaban J connectivity index is 2.83. The molecule has 7 heavy (non-hydrogen) atoms. The van der Waals surface area contributed by atoms with Crippen LogP contribution in [0.25, 0.3) is 0 Å². The quantitative estimate of drug-likeness (QED) is 0.502. The maximum absolute atomic E-state index is 10.7. The van der Waals surface area contributed by atoms with Crippen molar-refractivity contribution < 1.29 is 19.7 Å². The fraction of sp³-hybridized carbons (Fsp3) is 1.00. The molecule has 2 N–H and O–H groups in total. The third-order valence-corrected chi connectivity index (χ3v) is 0.466. The van der Waals surface area contributed by atoms with E-state index in [0.29, 0.717) is 0 Å². The molecular weight excluding hydrogens is 103 g/mol. The Bertz CT molecular complexity index is 41.2. The molecule has 0 aliphatic carbocycles. The SMILES string of the molecule is OCC(O)COF. The molecule has 0 aliphatic heterocycles. The third-order valence-electron chi connectivity index (χ3n) is 0.466. The van der Waals surface area contributed by atoms with Crippen LogP contribution in [0.4, 0.5) is 4.53 Å². The van der Waals surface area contributed by atoms with Gasteiger partial charge < -0.3 is 10.2 Å². The lowest BCUT2D eigenvalue weighted by Gasteiger charge is -1.98. The van der Waals surface area contributed by atoms with Gasteiger partial charge in [0.25, 0.3) is 0 Å². The highest BCUT2D eigenvalue weighted by atomic mass is 19.3. The first-order valence-corrected chi connectivity index (χ1v) is 1.83. The maximum Gasteiger partial charge on any atom is 0.116 e. The van der Waals surface area contributed by atoms with E-state index in [1.165, 1.54) is 0 Å². The summed E-state index contributed by atoms with van der Waals surface area (Å²) in [7, 11) is 0. The summed E-state index contributed by atoms with van der Waals surface area (Å²) >= 11 is 0. The first kappa shape index (κ1) is 6.81. The van der Waals surface area contributed by atoms with Crippen LogP contribution in [0.3, 0.4) is 0 Å². The second-order valence-corrected chi connectivity index (χ2v) is 1.11. The van der Waals surface area contributed by atoms with E-state index in [2.05, 4.69) is 4.94 Å². The van der Waals surface area contributed by atoms with Crippen LogP contribution in [-0.2, 0) is 4.94 Å². The van der Waals surface area contributed by atoms with Gasteiger partial charge in [0.05, 0.1) is 6.61 Å². The first-order chi connectivity index (χ1) is 3.31. The standard InChI is InChI=1S/C3H7FO3/c4-7-2-3(6)1-5/h3,5-6H,1-2H2. The van der Waals surface area contributed by atoms with Gasteiger partial charge in [-0.25, -0.2) is 0 Å². The van der Waals surface area contributed by atoms with Crippen LogP contribution >= 0.6 is 0 Å².